The molecule has 0 saturated heterocycles. The molecule has 6 heteroatoms. The zero-order valence-electron chi connectivity index (χ0n) is 17.2. The Kier molecular flexibility index (Phi) is 6.12. The molecule has 0 spiro atoms. The van der Waals surface area contributed by atoms with E-state index in [0.29, 0.717) is 18.1 Å². The first-order chi connectivity index (χ1) is 13.9. The molecule has 1 aromatic heterocycles. The number of aromatic nitrogens is 2. The van der Waals surface area contributed by atoms with Gasteiger partial charge in [-0.15, -0.1) is 0 Å². The normalized spacial score (nSPS) is 11.0. The number of methoxy groups -OCH3 is 1. The van der Waals surface area contributed by atoms with Crippen LogP contribution in [0.4, 0.5) is 11.6 Å². The summed E-state index contributed by atoms with van der Waals surface area (Å²) in [5.41, 5.74) is 3.42. The lowest BCUT2D eigenvalue weighted by atomic mass is 9.87. The molecular weight excluding hydrogens is 364 g/mol. The summed E-state index contributed by atoms with van der Waals surface area (Å²) < 4.78 is 5.33. The summed E-state index contributed by atoms with van der Waals surface area (Å²) >= 11 is 0. The molecule has 1 heterocycles. The zero-order valence-corrected chi connectivity index (χ0v) is 17.2. The van der Waals surface area contributed by atoms with Crippen LogP contribution in [0, 0.1) is 0 Å². The molecular formula is C23H26N4O2. The van der Waals surface area contributed by atoms with E-state index in [2.05, 4.69) is 41.4 Å². The lowest BCUT2D eigenvalue weighted by Crippen LogP contribution is -2.14. The molecule has 2 N–H and O–H groups in total. The fourth-order valence-corrected chi connectivity index (χ4v) is 2.82. The van der Waals surface area contributed by atoms with Gasteiger partial charge in [-0.2, -0.15) is 0 Å². The van der Waals surface area contributed by atoms with Crippen LogP contribution in [0.5, 0.6) is 5.75 Å². The van der Waals surface area contributed by atoms with Crippen LogP contribution in [0.25, 0.3) is 0 Å². The van der Waals surface area contributed by atoms with Crippen molar-refractivity contribution in [3.8, 4) is 5.75 Å². The van der Waals surface area contributed by atoms with Crippen LogP contribution < -0.4 is 15.4 Å². The Bertz CT molecular complexity index is 961. The Hall–Kier alpha value is -3.41. The van der Waals surface area contributed by atoms with Crippen molar-refractivity contribution in [3.05, 3.63) is 77.6 Å². The number of benzene rings is 2. The van der Waals surface area contributed by atoms with Crippen LogP contribution >= 0.6 is 0 Å². The van der Waals surface area contributed by atoms with E-state index < -0.39 is 0 Å². The number of nitrogens with one attached hydrogen (secondary N) is 2. The Morgan fingerprint density at radius 1 is 1.00 bits per heavy atom. The lowest BCUT2D eigenvalue weighted by Gasteiger charge is -2.19. The molecule has 3 aromatic rings. The van der Waals surface area contributed by atoms with E-state index in [1.165, 1.54) is 18.0 Å². The zero-order chi connectivity index (χ0) is 20.9. The molecule has 0 aliphatic heterocycles. The van der Waals surface area contributed by atoms with E-state index in [0.717, 1.165) is 17.0 Å². The average molecular weight is 390 g/mol. The van der Waals surface area contributed by atoms with Gasteiger partial charge in [0, 0.05) is 30.2 Å². The van der Waals surface area contributed by atoms with Crippen LogP contribution in [0.1, 0.15) is 42.3 Å². The fraction of sp³-hybridized carbons (Fsp3) is 0.261. The predicted octanol–water partition coefficient (Wildman–Crippen LogP) is 4.65. The molecule has 0 unspecified atom stereocenters. The molecule has 0 saturated carbocycles. The Labute approximate surface area is 171 Å². The number of carbonyl (C=O) groups excluding carboxylic acids is 1. The summed E-state index contributed by atoms with van der Waals surface area (Å²) in [6.07, 6.45) is 3.02. The molecule has 0 aliphatic rings. The van der Waals surface area contributed by atoms with Crippen LogP contribution in [-0.4, -0.2) is 23.0 Å². The maximum Gasteiger partial charge on any atom is 0.258 e. The molecule has 0 radical (unpaired) electrons. The second-order valence-corrected chi connectivity index (χ2v) is 7.74. The summed E-state index contributed by atoms with van der Waals surface area (Å²) in [5, 5.41) is 6.01. The highest BCUT2D eigenvalue weighted by Crippen LogP contribution is 2.23. The van der Waals surface area contributed by atoms with Gasteiger partial charge in [-0.05, 0) is 29.2 Å². The number of hydrogen-bond donors (Lipinski definition) is 2. The second-order valence-electron chi connectivity index (χ2n) is 7.74. The number of anilines is 2. The molecule has 0 atom stereocenters. The molecule has 0 aliphatic carbocycles. The number of nitrogens with zero attached hydrogens (tertiary/aromatic N) is 2. The maximum absolute atomic E-state index is 12.4. The Balaban J connectivity index is 1.60. The van der Waals surface area contributed by atoms with E-state index in [-0.39, 0.29) is 11.3 Å². The van der Waals surface area contributed by atoms with Crippen LogP contribution in [-0.2, 0) is 12.0 Å². The van der Waals surface area contributed by atoms with E-state index in [4.69, 9.17) is 4.74 Å². The minimum absolute atomic E-state index is 0.0724. The summed E-state index contributed by atoms with van der Waals surface area (Å²) in [5.74, 6) is 1.00. The summed E-state index contributed by atoms with van der Waals surface area (Å²) in [6.45, 7) is 6.99. The van der Waals surface area contributed by atoms with Crippen molar-refractivity contribution < 1.29 is 9.53 Å². The highest BCUT2D eigenvalue weighted by molar-refractivity contribution is 6.03. The van der Waals surface area contributed by atoms with Crippen molar-refractivity contribution in [2.75, 3.05) is 17.7 Å². The summed E-state index contributed by atoms with van der Waals surface area (Å²) in [7, 11) is 1.64. The first-order valence-corrected chi connectivity index (χ1v) is 9.46. The first-order valence-electron chi connectivity index (χ1n) is 9.46. The van der Waals surface area contributed by atoms with Gasteiger partial charge in [0.2, 0.25) is 5.95 Å². The number of hydrogen-bond acceptors (Lipinski definition) is 5. The van der Waals surface area contributed by atoms with E-state index >= 15 is 0 Å². The number of amides is 1. The largest absolute Gasteiger partial charge is 0.496 e. The van der Waals surface area contributed by atoms with Crippen LogP contribution in [0.15, 0.2) is 60.9 Å². The van der Waals surface area contributed by atoms with E-state index in [1.807, 2.05) is 48.5 Å². The lowest BCUT2D eigenvalue weighted by molar-refractivity contribution is 0.102. The van der Waals surface area contributed by atoms with Gasteiger partial charge < -0.3 is 15.4 Å². The predicted molar refractivity (Wildman–Crippen MR) is 115 cm³/mol. The first kappa shape index (κ1) is 20.3. The Morgan fingerprint density at radius 3 is 2.28 bits per heavy atom. The van der Waals surface area contributed by atoms with Gasteiger partial charge >= 0.3 is 0 Å². The van der Waals surface area contributed by atoms with Crippen molar-refractivity contribution in [2.24, 2.45) is 0 Å². The van der Waals surface area contributed by atoms with Gasteiger partial charge in [0.1, 0.15) is 5.75 Å². The van der Waals surface area contributed by atoms with Crippen molar-refractivity contribution in [2.45, 2.75) is 32.7 Å². The van der Waals surface area contributed by atoms with Crippen molar-refractivity contribution in [1.82, 2.24) is 9.97 Å². The van der Waals surface area contributed by atoms with Gasteiger partial charge in [-0.25, -0.2) is 9.97 Å². The maximum atomic E-state index is 12.4. The monoisotopic (exact) mass is 390 g/mol. The number of ether oxygens (including phenoxy) is 1. The Morgan fingerprint density at radius 2 is 1.66 bits per heavy atom. The summed E-state index contributed by atoms with van der Waals surface area (Å²) in [4.78, 5) is 20.9. The molecule has 0 bridgehead atoms. The fourth-order valence-electron chi connectivity index (χ4n) is 2.82. The topological polar surface area (TPSA) is 76.1 Å². The molecule has 1 amide bonds. The molecule has 6 nitrogen and oxygen atoms in total. The third-order valence-electron chi connectivity index (χ3n) is 4.55. The summed E-state index contributed by atoms with van der Waals surface area (Å²) in [6, 6.07) is 15.6. The van der Waals surface area contributed by atoms with Crippen molar-refractivity contribution in [1.29, 1.82) is 0 Å². The molecule has 150 valence electrons. The highest BCUT2D eigenvalue weighted by Gasteiger charge is 2.14. The van der Waals surface area contributed by atoms with Crippen LogP contribution in [0.3, 0.4) is 0 Å². The standard InChI is InChI=1S/C23H26N4O2/c1-23(2,3)18-9-11-19(12-10-18)27-21(28)17-14-25-22(26-15-17)24-13-16-7-5-6-8-20(16)29-4/h5-12,14-15H,13H2,1-4H3,(H,27,28)(H,24,25,26). The third kappa shape index (κ3) is 5.31. The molecule has 29 heavy (non-hydrogen) atoms. The number of carbonyl (C=O) groups is 1. The van der Waals surface area contributed by atoms with Crippen molar-refractivity contribution in [3.63, 3.8) is 0 Å². The van der Waals surface area contributed by atoms with Gasteiger partial charge in [0.15, 0.2) is 0 Å². The van der Waals surface area contributed by atoms with E-state index in [1.54, 1.807) is 7.11 Å². The molecule has 0 fully saturated rings. The molecule has 3 rings (SSSR count). The SMILES string of the molecule is COc1ccccc1CNc1ncc(C(=O)Nc2ccc(C(C)(C)C)cc2)cn1. The highest BCUT2D eigenvalue weighted by atomic mass is 16.5. The third-order valence-corrected chi connectivity index (χ3v) is 4.55. The minimum atomic E-state index is -0.246. The number of rotatable bonds is 6. The minimum Gasteiger partial charge on any atom is -0.496 e. The number of para-hydroxylation sites is 1. The van der Waals surface area contributed by atoms with Crippen molar-refractivity contribution >= 4 is 17.5 Å². The second kappa shape index (κ2) is 8.73. The smallest absolute Gasteiger partial charge is 0.258 e. The van der Waals surface area contributed by atoms with Gasteiger partial charge in [0.25, 0.3) is 5.91 Å². The van der Waals surface area contributed by atoms with Gasteiger partial charge in [0.05, 0.1) is 12.7 Å². The quantitative estimate of drug-likeness (QED) is 0.641. The molecule has 2 aromatic carbocycles. The van der Waals surface area contributed by atoms with E-state index in [9.17, 15) is 4.79 Å². The van der Waals surface area contributed by atoms with Crippen LogP contribution in [0.2, 0.25) is 0 Å². The van der Waals surface area contributed by atoms with Gasteiger partial charge in [-0.1, -0.05) is 51.1 Å². The average Bonchev–Trinajstić information content (AvgIpc) is 2.72. The van der Waals surface area contributed by atoms with Gasteiger partial charge in [-0.3, -0.25) is 4.79 Å².